The van der Waals surface area contributed by atoms with E-state index in [2.05, 4.69) is 106 Å². The van der Waals surface area contributed by atoms with Gasteiger partial charge in [0, 0.05) is 28.4 Å². The minimum atomic E-state index is -0.133. The average Bonchev–Trinajstić information content (AvgIpc) is 3.22. The zero-order valence-electron chi connectivity index (χ0n) is 24.1. The molecule has 1 heterocycles. The van der Waals surface area contributed by atoms with Crippen molar-refractivity contribution in [2.75, 3.05) is 5.32 Å². The van der Waals surface area contributed by atoms with Crippen LogP contribution >= 0.6 is 0 Å². The molecule has 0 saturated carbocycles. The fourth-order valence-corrected chi connectivity index (χ4v) is 4.09. The van der Waals surface area contributed by atoms with Crippen LogP contribution in [0.15, 0.2) is 84.9 Å². The van der Waals surface area contributed by atoms with Crippen molar-refractivity contribution in [3.8, 4) is 0 Å². The number of allylic oxidation sites excluding steroid dienone is 1. The van der Waals surface area contributed by atoms with Gasteiger partial charge in [0.25, 0.3) is 0 Å². The van der Waals surface area contributed by atoms with Gasteiger partial charge in [0.1, 0.15) is 0 Å². The predicted octanol–water partition coefficient (Wildman–Crippen LogP) is 9.44. The van der Waals surface area contributed by atoms with E-state index in [-0.39, 0.29) is 16.7 Å². The van der Waals surface area contributed by atoms with Crippen LogP contribution in [-0.2, 0) is 15.6 Å². The molecule has 0 aliphatic rings. The molecule has 3 nitrogen and oxygen atoms in total. The zero-order chi connectivity index (χ0) is 27.9. The topological polar surface area (TPSA) is 44.9 Å². The average molecular weight is 507 g/mol. The third-order valence-corrected chi connectivity index (χ3v) is 6.36. The Kier molecular flexibility index (Phi) is 9.17. The van der Waals surface area contributed by atoms with Crippen LogP contribution in [0.5, 0.6) is 0 Å². The summed E-state index contributed by atoms with van der Waals surface area (Å²) in [5, 5.41) is 4.00. The summed E-state index contributed by atoms with van der Waals surface area (Å²) >= 11 is 0. The number of aryl methyl sites for hydroxylation is 1. The van der Waals surface area contributed by atoms with Crippen LogP contribution in [0.4, 0.5) is 5.69 Å². The summed E-state index contributed by atoms with van der Waals surface area (Å²) in [6.45, 7) is 17.3. The van der Waals surface area contributed by atoms with E-state index in [1.807, 2.05) is 50.3 Å². The second-order valence-electron chi connectivity index (χ2n) is 11.8. The Bertz CT molecular complexity index is 1400. The summed E-state index contributed by atoms with van der Waals surface area (Å²) < 4.78 is 0. The lowest BCUT2D eigenvalue weighted by atomic mass is 9.87. The summed E-state index contributed by atoms with van der Waals surface area (Å²) in [4.78, 5) is 15.4. The van der Waals surface area contributed by atoms with Gasteiger partial charge in [-0.15, -0.1) is 0 Å². The number of benzene rings is 3. The lowest BCUT2D eigenvalue weighted by Gasteiger charge is -2.18. The van der Waals surface area contributed by atoms with Gasteiger partial charge >= 0.3 is 0 Å². The highest BCUT2D eigenvalue weighted by atomic mass is 16.1. The molecule has 3 aromatic carbocycles. The van der Waals surface area contributed by atoms with Gasteiger partial charge in [0.2, 0.25) is 5.91 Å². The number of hydrogen-bond donors (Lipinski definition) is 2. The third-order valence-electron chi connectivity index (χ3n) is 6.36. The second kappa shape index (κ2) is 12.1. The first-order chi connectivity index (χ1) is 17.8. The van der Waals surface area contributed by atoms with Gasteiger partial charge in [0.15, 0.2) is 0 Å². The molecule has 0 radical (unpaired) electrons. The molecule has 38 heavy (non-hydrogen) atoms. The standard InChI is InChI=1S/C22H24N2O.C13H18/c1-15-13-17-14-19(10-11-20(17)23-15)24-21(25)12-7-16-5-8-18(9-6-16)22(2,3)4;1-5-6-11-7-9-12(10-8-11)13(2,3)4/h5-14,23H,1-4H3,(H,24,25);5-10H,1-4H3/b12-7+;6-5+. The van der Waals surface area contributed by atoms with E-state index < -0.39 is 0 Å². The van der Waals surface area contributed by atoms with E-state index in [1.54, 1.807) is 6.08 Å². The lowest BCUT2D eigenvalue weighted by Crippen LogP contribution is -2.10. The number of H-pyrrole nitrogens is 1. The van der Waals surface area contributed by atoms with Crippen LogP contribution in [0.2, 0.25) is 0 Å². The van der Waals surface area contributed by atoms with Crippen molar-refractivity contribution in [3.05, 3.63) is 113 Å². The largest absolute Gasteiger partial charge is 0.359 e. The summed E-state index contributed by atoms with van der Waals surface area (Å²) in [6.07, 6.45) is 7.58. The molecule has 1 aromatic heterocycles. The molecule has 0 fully saturated rings. The molecule has 0 aliphatic carbocycles. The van der Waals surface area contributed by atoms with Crippen molar-refractivity contribution in [1.82, 2.24) is 4.98 Å². The second-order valence-corrected chi connectivity index (χ2v) is 11.8. The molecule has 0 saturated heterocycles. The van der Waals surface area contributed by atoms with Crippen molar-refractivity contribution in [1.29, 1.82) is 0 Å². The normalized spacial score (nSPS) is 12.1. The molecular formula is C35H42N2O. The molecular weight excluding hydrogens is 464 g/mol. The quantitative estimate of drug-likeness (QED) is 0.266. The van der Waals surface area contributed by atoms with E-state index in [4.69, 9.17) is 0 Å². The molecule has 2 N–H and O–H groups in total. The highest BCUT2D eigenvalue weighted by Crippen LogP contribution is 2.24. The monoisotopic (exact) mass is 506 g/mol. The van der Waals surface area contributed by atoms with Crippen molar-refractivity contribution in [3.63, 3.8) is 0 Å². The van der Waals surface area contributed by atoms with Crippen LogP contribution < -0.4 is 5.32 Å². The number of aromatic nitrogens is 1. The molecule has 0 unspecified atom stereocenters. The van der Waals surface area contributed by atoms with E-state index in [0.717, 1.165) is 27.8 Å². The Morgan fingerprint density at radius 1 is 0.737 bits per heavy atom. The lowest BCUT2D eigenvalue weighted by molar-refractivity contribution is -0.111. The summed E-state index contributed by atoms with van der Waals surface area (Å²) in [5.41, 5.74) is 8.33. The summed E-state index contributed by atoms with van der Waals surface area (Å²) in [7, 11) is 0. The molecule has 3 heteroatoms. The van der Waals surface area contributed by atoms with Gasteiger partial charge in [0.05, 0.1) is 0 Å². The van der Waals surface area contributed by atoms with Crippen molar-refractivity contribution < 1.29 is 4.79 Å². The first-order valence-electron chi connectivity index (χ1n) is 13.3. The van der Waals surface area contributed by atoms with Crippen LogP contribution in [0.25, 0.3) is 23.1 Å². The maximum absolute atomic E-state index is 12.1. The fraction of sp³-hybridized carbons (Fsp3) is 0.286. The number of carbonyl (C=O) groups excluding carboxylic acids is 1. The van der Waals surface area contributed by atoms with Crippen LogP contribution in [-0.4, -0.2) is 10.9 Å². The van der Waals surface area contributed by atoms with Crippen LogP contribution in [0.1, 0.15) is 76.4 Å². The minimum Gasteiger partial charge on any atom is -0.359 e. The Hall–Kier alpha value is -3.85. The highest BCUT2D eigenvalue weighted by molar-refractivity contribution is 6.03. The van der Waals surface area contributed by atoms with E-state index >= 15 is 0 Å². The van der Waals surface area contributed by atoms with E-state index in [1.165, 1.54) is 16.7 Å². The maximum Gasteiger partial charge on any atom is 0.248 e. The van der Waals surface area contributed by atoms with Gasteiger partial charge in [-0.3, -0.25) is 4.79 Å². The number of nitrogens with one attached hydrogen (secondary N) is 2. The van der Waals surface area contributed by atoms with E-state index in [0.29, 0.717) is 0 Å². The number of rotatable bonds is 4. The minimum absolute atomic E-state index is 0.133. The zero-order valence-corrected chi connectivity index (χ0v) is 24.1. The summed E-state index contributed by atoms with van der Waals surface area (Å²) in [5.74, 6) is -0.133. The van der Waals surface area contributed by atoms with Gasteiger partial charge in [-0.05, 0) is 77.3 Å². The van der Waals surface area contributed by atoms with Gasteiger partial charge < -0.3 is 10.3 Å². The molecule has 198 valence electrons. The fourth-order valence-electron chi connectivity index (χ4n) is 4.09. The SMILES string of the molecule is C/C=C/c1ccc(C(C)(C)C)cc1.Cc1cc2cc(NC(=O)/C=C/c3ccc(C(C)(C)C)cc3)ccc2[nH]1. The Morgan fingerprint density at radius 3 is 1.76 bits per heavy atom. The Labute approximate surface area is 228 Å². The first-order valence-corrected chi connectivity index (χ1v) is 13.3. The number of amides is 1. The van der Waals surface area contributed by atoms with Gasteiger partial charge in [-0.25, -0.2) is 0 Å². The molecule has 0 spiro atoms. The smallest absolute Gasteiger partial charge is 0.248 e. The van der Waals surface area contributed by atoms with E-state index in [9.17, 15) is 4.79 Å². The van der Waals surface area contributed by atoms with Crippen molar-refractivity contribution in [2.45, 2.75) is 66.2 Å². The van der Waals surface area contributed by atoms with Crippen molar-refractivity contribution in [2.24, 2.45) is 0 Å². The number of anilines is 1. The highest BCUT2D eigenvalue weighted by Gasteiger charge is 2.13. The molecule has 4 aromatic rings. The Morgan fingerprint density at radius 2 is 1.26 bits per heavy atom. The molecule has 0 bridgehead atoms. The predicted molar refractivity (Wildman–Crippen MR) is 166 cm³/mol. The third kappa shape index (κ3) is 8.34. The first kappa shape index (κ1) is 28.7. The van der Waals surface area contributed by atoms with Crippen molar-refractivity contribution >= 4 is 34.6 Å². The van der Waals surface area contributed by atoms with Gasteiger partial charge in [-0.2, -0.15) is 0 Å². The summed E-state index contributed by atoms with van der Waals surface area (Å²) in [6, 6.07) is 25.0. The Balaban J connectivity index is 0.000000260. The molecule has 1 amide bonds. The molecule has 4 rings (SSSR count). The maximum atomic E-state index is 12.1. The number of aromatic amines is 1. The molecule has 0 aliphatic heterocycles. The van der Waals surface area contributed by atoms with Gasteiger partial charge in [-0.1, -0.05) is 102 Å². The van der Waals surface area contributed by atoms with Crippen LogP contribution in [0, 0.1) is 6.92 Å². The van der Waals surface area contributed by atoms with Crippen LogP contribution in [0.3, 0.4) is 0 Å². The number of hydrogen-bond acceptors (Lipinski definition) is 1. The molecule has 0 atom stereocenters. The number of fused-ring (bicyclic) bond motifs is 1. The number of carbonyl (C=O) groups is 1.